The zero-order chi connectivity index (χ0) is 7.98. The summed E-state index contributed by atoms with van der Waals surface area (Å²) in [5, 5.41) is 3.27. The van der Waals surface area contributed by atoms with Gasteiger partial charge in [-0.2, -0.15) is 0 Å². The normalized spacial score (nSPS) is 30.0. The van der Waals surface area contributed by atoms with E-state index in [-0.39, 0.29) is 1.43 Å². The lowest BCUT2D eigenvalue weighted by molar-refractivity contribution is 0.227. The molecule has 1 aliphatic rings. The van der Waals surface area contributed by atoms with Crippen molar-refractivity contribution in [1.82, 2.24) is 5.32 Å². The Kier molecular flexibility index (Phi) is 5.70. The van der Waals surface area contributed by atoms with Gasteiger partial charge in [0.15, 0.2) is 0 Å². The molecule has 0 atom stereocenters. The lowest BCUT2D eigenvalue weighted by Gasteiger charge is -2.34. The molecule has 0 amide bonds. The lowest BCUT2D eigenvalue weighted by atomic mass is 9.79. The van der Waals surface area contributed by atoms with Crippen LogP contribution in [0.2, 0.25) is 0 Å². The number of hydrogen-bond acceptors (Lipinski definition) is 1. The summed E-state index contributed by atoms with van der Waals surface area (Å²) in [5.74, 6) is 1.03. The summed E-state index contributed by atoms with van der Waals surface area (Å²) >= 11 is 0. The van der Waals surface area contributed by atoms with E-state index in [0.717, 1.165) is 12.0 Å². The van der Waals surface area contributed by atoms with Crippen molar-refractivity contribution in [3.05, 3.63) is 0 Å². The summed E-state index contributed by atoms with van der Waals surface area (Å²) in [6.07, 6.45) is 4.19. The smallest absolute Gasteiger partial charge is 0.00693 e. The van der Waals surface area contributed by atoms with Crippen molar-refractivity contribution in [2.24, 2.45) is 5.92 Å². The number of rotatable bonds is 2. The molecule has 10 heavy (non-hydrogen) atoms. The van der Waals surface area contributed by atoms with E-state index in [1.54, 1.807) is 0 Å². The van der Waals surface area contributed by atoms with Crippen LogP contribution in [-0.2, 0) is 0 Å². The Morgan fingerprint density at radius 1 is 1.40 bits per heavy atom. The van der Waals surface area contributed by atoms with Gasteiger partial charge >= 0.3 is 0 Å². The SMILES string of the molecule is CC.CCC1CC(NC)C1.[HH]. The molecule has 0 aromatic heterocycles. The van der Waals surface area contributed by atoms with E-state index in [0.29, 0.717) is 0 Å². The molecule has 1 aliphatic carbocycles. The first-order valence-corrected chi connectivity index (χ1v) is 4.54. The van der Waals surface area contributed by atoms with E-state index in [9.17, 15) is 0 Å². The zero-order valence-electron chi connectivity index (χ0n) is 7.78. The minimum Gasteiger partial charge on any atom is -0.317 e. The van der Waals surface area contributed by atoms with Crippen LogP contribution in [0.4, 0.5) is 0 Å². The minimum absolute atomic E-state index is 0. The summed E-state index contributed by atoms with van der Waals surface area (Å²) in [7, 11) is 2.05. The van der Waals surface area contributed by atoms with Crippen molar-refractivity contribution in [2.45, 2.75) is 46.1 Å². The maximum absolute atomic E-state index is 3.27. The van der Waals surface area contributed by atoms with Crippen LogP contribution in [0, 0.1) is 5.92 Å². The highest BCUT2D eigenvalue weighted by Gasteiger charge is 2.25. The Labute approximate surface area is 66.7 Å². The monoisotopic (exact) mass is 145 g/mol. The van der Waals surface area contributed by atoms with Crippen LogP contribution in [0.15, 0.2) is 0 Å². The molecular weight excluding hydrogens is 122 g/mol. The summed E-state index contributed by atoms with van der Waals surface area (Å²) in [6.45, 7) is 6.27. The molecular formula is C9H23N. The number of hydrogen-bond donors (Lipinski definition) is 1. The molecule has 1 saturated carbocycles. The third-order valence-corrected chi connectivity index (χ3v) is 2.22. The molecule has 0 radical (unpaired) electrons. The molecule has 1 nitrogen and oxygen atoms in total. The van der Waals surface area contributed by atoms with Gasteiger partial charge in [-0.1, -0.05) is 27.2 Å². The Balaban J connectivity index is 0. The largest absolute Gasteiger partial charge is 0.317 e. The van der Waals surface area contributed by atoms with Crippen LogP contribution < -0.4 is 5.32 Å². The first kappa shape index (κ1) is 9.96. The molecule has 1 rings (SSSR count). The zero-order valence-corrected chi connectivity index (χ0v) is 7.78. The molecule has 1 fully saturated rings. The molecule has 1 N–H and O–H groups in total. The third kappa shape index (κ3) is 2.70. The van der Waals surface area contributed by atoms with Gasteiger partial charge < -0.3 is 5.32 Å². The Morgan fingerprint density at radius 3 is 2.20 bits per heavy atom. The van der Waals surface area contributed by atoms with Gasteiger partial charge in [0, 0.05) is 7.47 Å². The summed E-state index contributed by atoms with van der Waals surface area (Å²) in [5.41, 5.74) is 0. The van der Waals surface area contributed by atoms with E-state index in [4.69, 9.17) is 0 Å². The second-order valence-corrected chi connectivity index (χ2v) is 2.73. The van der Waals surface area contributed by atoms with Crippen molar-refractivity contribution in [3.63, 3.8) is 0 Å². The predicted octanol–water partition coefficient (Wildman–Crippen LogP) is 2.67. The van der Waals surface area contributed by atoms with Crippen molar-refractivity contribution in [2.75, 3.05) is 7.05 Å². The fourth-order valence-corrected chi connectivity index (χ4v) is 1.30. The van der Waals surface area contributed by atoms with E-state index < -0.39 is 0 Å². The highest BCUT2D eigenvalue weighted by atomic mass is 14.9. The molecule has 1 heteroatoms. The van der Waals surface area contributed by atoms with E-state index in [2.05, 4.69) is 19.3 Å². The summed E-state index contributed by atoms with van der Waals surface area (Å²) in [6, 6.07) is 0.847. The van der Waals surface area contributed by atoms with Crippen molar-refractivity contribution in [3.8, 4) is 0 Å². The van der Waals surface area contributed by atoms with Gasteiger partial charge in [-0.05, 0) is 25.8 Å². The van der Waals surface area contributed by atoms with Gasteiger partial charge in [0.2, 0.25) is 0 Å². The Hall–Kier alpha value is -0.0400. The van der Waals surface area contributed by atoms with E-state index in [1.165, 1.54) is 19.3 Å². The molecule has 0 bridgehead atoms. The Bertz CT molecular complexity index is 62.0. The topological polar surface area (TPSA) is 12.0 Å². The van der Waals surface area contributed by atoms with Crippen LogP contribution in [0.1, 0.15) is 41.5 Å². The average molecular weight is 145 g/mol. The predicted molar refractivity (Wildman–Crippen MR) is 49.3 cm³/mol. The van der Waals surface area contributed by atoms with Gasteiger partial charge in [0.1, 0.15) is 0 Å². The van der Waals surface area contributed by atoms with Gasteiger partial charge in [0.05, 0.1) is 0 Å². The van der Waals surface area contributed by atoms with Gasteiger partial charge in [0.25, 0.3) is 0 Å². The van der Waals surface area contributed by atoms with Gasteiger partial charge in [-0.15, -0.1) is 0 Å². The second-order valence-electron chi connectivity index (χ2n) is 2.73. The highest BCUT2D eigenvalue weighted by Crippen LogP contribution is 2.29. The molecule has 0 aromatic rings. The van der Waals surface area contributed by atoms with Crippen LogP contribution in [0.25, 0.3) is 0 Å². The second kappa shape index (κ2) is 5.72. The Morgan fingerprint density at radius 2 is 1.90 bits per heavy atom. The van der Waals surface area contributed by atoms with E-state index >= 15 is 0 Å². The van der Waals surface area contributed by atoms with Crippen molar-refractivity contribution in [1.29, 1.82) is 0 Å². The lowest BCUT2D eigenvalue weighted by Crippen LogP contribution is -2.38. The van der Waals surface area contributed by atoms with Gasteiger partial charge in [-0.3, -0.25) is 0 Å². The summed E-state index contributed by atoms with van der Waals surface area (Å²) < 4.78 is 0. The molecule has 0 saturated heterocycles. The van der Waals surface area contributed by atoms with Crippen LogP contribution in [0.5, 0.6) is 0 Å². The maximum atomic E-state index is 3.27. The van der Waals surface area contributed by atoms with Crippen molar-refractivity contribution >= 4 is 0 Å². The number of nitrogens with one attached hydrogen (secondary N) is 1. The van der Waals surface area contributed by atoms with Crippen molar-refractivity contribution < 1.29 is 1.43 Å². The molecule has 0 spiro atoms. The minimum atomic E-state index is 0. The fraction of sp³-hybridized carbons (Fsp3) is 1.00. The summed E-state index contributed by atoms with van der Waals surface area (Å²) in [4.78, 5) is 0. The standard InChI is InChI=1S/C7H15N.C2H6.H2/c1-3-6-4-7(5-6)8-2;1-2;/h6-8H,3-5H2,1-2H3;1-2H3;1H. The molecule has 0 aromatic carbocycles. The van der Waals surface area contributed by atoms with E-state index in [1.807, 2.05) is 13.8 Å². The maximum Gasteiger partial charge on any atom is 0.00693 e. The fourth-order valence-electron chi connectivity index (χ4n) is 1.30. The quantitative estimate of drug-likeness (QED) is 0.630. The molecule has 0 aliphatic heterocycles. The molecule has 0 heterocycles. The molecule has 64 valence electrons. The van der Waals surface area contributed by atoms with Gasteiger partial charge in [-0.25, -0.2) is 0 Å². The third-order valence-electron chi connectivity index (χ3n) is 2.22. The first-order chi connectivity index (χ1) is 4.86. The average Bonchev–Trinajstić information content (AvgIpc) is 1.91. The van der Waals surface area contributed by atoms with Crippen LogP contribution in [0.3, 0.4) is 0 Å². The highest BCUT2D eigenvalue weighted by molar-refractivity contribution is 4.82. The van der Waals surface area contributed by atoms with Crippen LogP contribution >= 0.6 is 0 Å². The molecule has 0 unspecified atom stereocenters. The van der Waals surface area contributed by atoms with Crippen LogP contribution in [-0.4, -0.2) is 13.1 Å². The first-order valence-electron chi connectivity index (χ1n) is 4.54.